The summed E-state index contributed by atoms with van der Waals surface area (Å²) in [5.74, 6) is 3.94. The average molecular weight is 573 g/mol. The van der Waals surface area contributed by atoms with E-state index < -0.39 is 0 Å². The van der Waals surface area contributed by atoms with Crippen LogP contribution in [-0.2, 0) is 22.4 Å². The Morgan fingerprint density at radius 2 is 0.810 bits per heavy atom. The van der Waals surface area contributed by atoms with Crippen LogP contribution in [0.1, 0.15) is 115 Å². The third kappa shape index (κ3) is 8.71. The molecule has 3 fully saturated rings. The van der Waals surface area contributed by atoms with Gasteiger partial charge in [-0.3, -0.25) is 9.59 Å². The minimum absolute atomic E-state index is 0.0000829. The first-order valence-electron chi connectivity index (χ1n) is 17.1. The largest absolute Gasteiger partial charge is 0.426 e. The summed E-state index contributed by atoms with van der Waals surface area (Å²) in [6.07, 6.45) is 18.5. The molecule has 3 aliphatic carbocycles. The lowest BCUT2D eigenvalue weighted by atomic mass is 9.78. The lowest BCUT2D eigenvalue weighted by molar-refractivity contribution is -0.141. The van der Waals surface area contributed by atoms with Crippen LogP contribution < -0.4 is 9.47 Å². The standard InChI is InChI=1S/C38H52O4/c1-3-27-5-7-29(8-6-27)25-30-9-11-31(12-10-30)26-32-15-19-34(20-16-32)38(40)42-36-23-21-35(22-24-36)41-37(39)33-17-13-28(4-2)14-18-33/h9-12,21-24,27-29,32-34H,3-8,13-20,25-26H2,1-2H3/t27?,28-,29?,32?,33-,34?. The molecule has 0 radical (unpaired) electrons. The summed E-state index contributed by atoms with van der Waals surface area (Å²) in [4.78, 5) is 25.5. The van der Waals surface area contributed by atoms with E-state index in [4.69, 9.17) is 9.47 Å². The quantitative estimate of drug-likeness (QED) is 0.210. The molecule has 228 valence electrons. The Hall–Kier alpha value is -2.62. The summed E-state index contributed by atoms with van der Waals surface area (Å²) in [6.45, 7) is 4.56. The second kappa shape index (κ2) is 15.2. The predicted molar refractivity (Wildman–Crippen MR) is 168 cm³/mol. The van der Waals surface area contributed by atoms with Crippen LogP contribution in [-0.4, -0.2) is 11.9 Å². The molecule has 0 saturated heterocycles. The fourth-order valence-corrected chi connectivity index (χ4v) is 7.71. The van der Waals surface area contributed by atoms with Crippen LogP contribution in [0.25, 0.3) is 0 Å². The Kier molecular flexibility index (Phi) is 11.2. The molecule has 2 aromatic rings. The molecule has 4 heteroatoms. The monoisotopic (exact) mass is 572 g/mol. The molecule has 0 atom stereocenters. The van der Waals surface area contributed by atoms with E-state index >= 15 is 0 Å². The summed E-state index contributed by atoms with van der Waals surface area (Å²) >= 11 is 0. The highest BCUT2D eigenvalue weighted by atomic mass is 16.5. The van der Waals surface area contributed by atoms with Gasteiger partial charge < -0.3 is 9.47 Å². The van der Waals surface area contributed by atoms with E-state index in [1.165, 1.54) is 56.1 Å². The van der Waals surface area contributed by atoms with E-state index in [1.54, 1.807) is 24.3 Å². The molecule has 0 aliphatic heterocycles. The van der Waals surface area contributed by atoms with Gasteiger partial charge in [0.25, 0.3) is 0 Å². The van der Waals surface area contributed by atoms with Crippen LogP contribution in [0, 0.1) is 35.5 Å². The maximum atomic E-state index is 12.9. The van der Waals surface area contributed by atoms with Crippen LogP contribution in [0.4, 0.5) is 0 Å². The first-order chi connectivity index (χ1) is 20.5. The molecule has 0 heterocycles. The normalized spacial score (nSPS) is 28.1. The zero-order valence-corrected chi connectivity index (χ0v) is 26.0. The topological polar surface area (TPSA) is 52.6 Å². The van der Waals surface area contributed by atoms with Crippen LogP contribution >= 0.6 is 0 Å². The fourth-order valence-electron chi connectivity index (χ4n) is 7.71. The maximum Gasteiger partial charge on any atom is 0.314 e. The predicted octanol–water partition coefficient (Wildman–Crippen LogP) is 9.52. The van der Waals surface area contributed by atoms with E-state index in [-0.39, 0.29) is 23.8 Å². The fraction of sp³-hybridized carbons (Fsp3) is 0.632. The van der Waals surface area contributed by atoms with Gasteiger partial charge in [0.15, 0.2) is 0 Å². The van der Waals surface area contributed by atoms with Crippen LogP contribution in [0.15, 0.2) is 48.5 Å². The first-order valence-corrected chi connectivity index (χ1v) is 17.1. The summed E-state index contributed by atoms with van der Waals surface area (Å²) in [5.41, 5.74) is 2.92. The molecule has 5 rings (SSSR count). The highest BCUT2D eigenvalue weighted by Crippen LogP contribution is 2.35. The number of carbonyl (C=O) groups is 2. The Labute approximate surface area is 254 Å². The number of ether oxygens (including phenoxy) is 2. The van der Waals surface area contributed by atoms with Gasteiger partial charge >= 0.3 is 11.9 Å². The SMILES string of the molecule is CCC1CCC(Cc2ccc(CC3CCC(C(=O)Oc4ccc(OC(=O)[C@H]5CC[C@H](CC)CC5)cc4)CC3)cc2)CC1. The molecule has 0 spiro atoms. The first kappa shape index (κ1) is 30.8. The van der Waals surface area contributed by atoms with Gasteiger partial charge in [0.05, 0.1) is 11.8 Å². The molecule has 0 aromatic heterocycles. The van der Waals surface area contributed by atoms with Gasteiger partial charge in [0.1, 0.15) is 11.5 Å². The summed E-state index contributed by atoms with van der Waals surface area (Å²) in [7, 11) is 0. The highest BCUT2D eigenvalue weighted by Gasteiger charge is 2.29. The van der Waals surface area contributed by atoms with Gasteiger partial charge in [0.2, 0.25) is 0 Å². The van der Waals surface area contributed by atoms with E-state index in [2.05, 4.69) is 38.1 Å². The maximum absolute atomic E-state index is 12.9. The Bertz CT molecular complexity index is 1110. The van der Waals surface area contributed by atoms with Gasteiger partial charge in [0, 0.05) is 0 Å². The smallest absolute Gasteiger partial charge is 0.314 e. The Morgan fingerprint density at radius 3 is 1.17 bits per heavy atom. The molecule has 4 nitrogen and oxygen atoms in total. The second-order valence-electron chi connectivity index (χ2n) is 13.7. The van der Waals surface area contributed by atoms with E-state index in [9.17, 15) is 9.59 Å². The van der Waals surface area contributed by atoms with E-state index in [0.717, 1.165) is 75.5 Å². The lowest BCUT2D eigenvalue weighted by Gasteiger charge is -2.28. The van der Waals surface area contributed by atoms with Crippen LogP contribution in [0.5, 0.6) is 11.5 Å². The minimum Gasteiger partial charge on any atom is -0.426 e. The minimum atomic E-state index is -0.136. The number of rotatable bonds is 10. The zero-order chi connectivity index (χ0) is 29.3. The van der Waals surface area contributed by atoms with E-state index in [0.29, 0.717) is 17.4 Å². The molecule has 3 aliphatic rings. The third-order valence-electron chi connectivity index (χ3n) is 10.8. The summed E-state index contributed by atoms with van der Waals surface area (Å²) in [6, 6.07) is 16.3. The molecular weight excluding hydrogens is 520 g/mol. The third-order valence-corrected chi connectivity index (χ3v) is 10.8. The summed E-state index contributed by atoms with van der Waals surface area (Å²) in [5, 5.41) is 0. The van der Waals surface area contributed by atoms with Crippen molar-refractivity contribution in [1.82, 2.24) is 0 Å². The van der Waals surface area contributed by atoms with Crippen molar-refractivity contribution in [3.8, 4) is 11.5 Å². The number of hydrogen-bond acceptors (Lipinski definition) is 4. The highest BCUT2D eigenvalue weighted by molar-refractivity contribution is 5.76. The van der Waals surface area contributed by atoms with Crippen molar-refractivity contribution in [2.75, 3.05) is 0 Å². The molecule has 3 saturated carbocycles. The Balaban J connectivity index is 1.00. The number of hydrogen-bond donors (Lipinski definition) is 0. The lowest BCUT2D eigenvalue weighted by Crippen LogP contribution is -2.26. The van der Waals surface area contributed by atoms with Crippen molar-refractivity contribution in [2.45, 2.75) is 117 Å². The van der Waals surface area contributed by atoms with Crippen LogP contribution in [0.3, 0.4) is 0 Å². The number of carbonyl (C=O) groups excluding carboxylic acids is 2. The molecule has 0 bridgehead atoms. The van der Waals surface area contributed by atoms with Crippen molar-refractivity contribution in [2.24, 2.45) is 35.5 Å². The van der Waals surface area contributed by atoms with Gasteiger partial charge in [-0.1, -0.05) is 63.8 Å². The number of benzene rings is 2. The molecular formula is C38H52O4. The Morgan fingerprint density at radius 1 is 0.500 bits per heavy atom. The molecule has 0 N–H and O–H groups in total. The van der Waals surface area contributed by atoms with E-state index in [1.807, 2.05) is 0 Å². The molecule has 2 aromatic carbocycles. The van der Waals surface area contributed by atoms with Gasteiger partial charge in [-0.2, -0.15) is 0 Å². The van der Waals surface area contributed by atoms with Crippen molar-refractivity contribution in [1.29, 1.82) is 0 Å². The second-order valence-corrected chi connectivity index (χ2v) is 13.7. The van der Waals surface area contributed by atoms with Crippen LogP contribution in [0.2, 0.25) is 0 Å². The van der Waals surface area contributed by atoms with Gasteiger partial charge in [-0.15, -0.1) is 0 Å². The van der Waals surface area contributed by atoms with Crippen molar-refractivity contribution in [3.05, 3.63) is 59.7 Å². The zero-order valence-electron chi connectivity index (χ0n) is 26.0. The van der Waals surface area contributed by atoms with Gasteiger partial charge in [-0.05, 0) is 136 Å². The molecule has 42 heavy (non-hydrogen) atoms. The average Bonchev–Trinajstić information content (AvgIpc) is 3.03. The molecule has 0 amide bonds. The van der Waals surface area contributed by atoms with Crippen molar-refractivity contribution >= 4 is 11.9 Å². The summed E-state index contributed by atoms with van der Waals surface area (Å²) < 4.78 is 11.3. The molecule has 0 unspecified atom stereocenters. The van der Waals surface area contributed by atoms with Crippen molar-refractivity contribution in [3.63, 3.8) is 0 Å². The number of esters is 2. The van der Waals surface area contributed by atoms with Gasteiger partial charge in [-0.25, -0.2) is 0 Å². The van der Waals surface area contributed by atoms with Crippen molar-refractivity contribution < 1.29 is 19.1 Å².